The standard InChI is InChI=1S/C21H35I2N/c1-6-8-15-24(16-9-7-2)17-14-20(3,4)18-10-12-19(13-11-18)21(5,22)23/h10-13H,6-9,14-17H2,1-5H3. The Balaban J connectivity index is 2.69. The Morgan fingerprint density at radius 3 is 1.67 bits per heavy atom. The Labute approximate surface area is 177 Å². The molecule has 1 nitrogen and oxygen atoms in total. The summed E-state index contributed by atoms with van der Waals surface area (Å²) in [6, 6.07) is 9.30. The van der Waals surface area contributed by atoms with Gasteiger partial charge in [0.05, 0.1) is 1.43 Å². The molecule has 0 amide bonds. The molecule has 1 rings (SSSR count). The molecule has 24 heavy (non-hydrogen) atoms. The van der Waals surface area contributed by atoms with Gasteiger partial charge in [-0.25, -0.2) is 0 Å². The van der Waals surface area contributed by atoms with Crippen LogP contribution in [0, 0.1) is 0 Å². The zero-order valence-corrected chi connectivity index (χ0v) is 20.5. The third kappa shape index (κ3) is 7.90. The lowest BCUT2D eigenvalue weighted by Gasteiger charge is -2.30. The predicted octanol–water partition coefficient (Wildman–Crippen LogP) is 7.30. The molecular weight excluding hydrogens is 520 g/mol. The number of benzene rings is 1. The minimum absolute atomic E-state index is 0.176. The van der Waals surface area contributed by atoms with Crippen LogP contribution in [0.3, 0.4) is 0 Å². The minimum atomic E-state index is 0.176. The highest BCUT2D eigenvalue weighted by molar-refractivity contribution is 14.2. The van der Waals surface area contributed by atoms with Crippen LogP contribution in [0.5, 0.6) is 0 Å². The fraction of sp³-hybridized carbons (Fsp3) is 0.714. The smallest absolute Gasteiger partial charge is 0.0954 e. The van der Waals surface area contributed by atoms with Crippen molar-refractivity contribution in [2.24, 2.45) is 0 Å². The zero-order valence-electron chi connectivity index (χ0n) is 16.2. The van der Waals surface area contributed by atoms with Gasteiger partial charge in [0.1, 0.15) is 0 Å². The van der Waals surface area contributed by atoms with Crippen molar-refractivity contribution in [3.63, 3.8) is 0 Å². The summed E-state index contributed by atoms with van der Waals surface area (Å²) in [5.41, 5.74) is 3.10. The van der Waals surface area contributed by atoms with Crippen LogP contribution in [-0.2, 0) is 6.84 Å². The molecule has 1 aromatic carbocycles. The highest BCUT2D eigenvalue weighted by Crippen LogP contribution is 2.39. The normalized spacial score (nSPS) is 12.8. The van der Waals surface area contributed by atoms with E-state index in [1.54, 1.807) is 0 Å². The quantitative estimate of drug-likeness (QED) is 0.205. The van der Waals surface area contributed by atoms with Gasteiger partial charge in [-0.2, -0.15) is 0 Å². The number of nitrogens with zero attached hydrogens (tertiary/aromatic N) is 1. The number of alkyl halides is 2. The van der Waals surface area contributed by atoms with Gasteiger partial charge in [0, 0.05) is 0 Å². The summed E-state index contributed by atoms with van der Waals surface area (Å²) in [5, 5.41) is 0. The molecule has 0 atom stereocenters. The van der Waals surface area contributed by atoms with E-state index in [4.69, 9.17) is 0 Å². The summed E-state index contributed by atoms with van der Waals surface area (Å²) in [6.07, 6.45) is 6.45. The van der Waals surface area contributed by atoms with Crippen LogP contribution >= 0.6 is 45.2 Å². The van der Waals surface area contributed by atoms with Gasteiger partial charge < -0.3 is 4.90 Å². The van der Waals surface area contributed by atoms with Crippen LogP contribution in [0.4, 0.5) is 0 Å². The first-order chi connectivity index (χ1) is 11.2. The Morgan fingerprint density at radius 2 is 1.25 bits per heavy atom. The van der Waals surface area contributed by atoms with Crippen LogP contribution in [0.1, 0.15) is 77.8 Å². The maximum absolute atomic E-state index is 2.68. The zero-order chi connectivity index (χ0) is 18.2. The summed E-state index contributed by atoms with van der Waals surface area (Å²) in [5.74, 6) is 0. The first kappa shape index (κ1) is 22.7. The summed E-state index contributed by atoms with van der Waals surface area (Å²) in [7, 11) is 0. The Kier molecular flexibility index (Phi) is 10.1. The first-order valence-electron chi connectivity index (χ1n) is 9.42. The third-order valence-electron chi connectivity index (χ3n) is 4.88. The van der Waals surface area contributed by atoms with Gasteiger partial charge in [0.25, 0.3) is 0 Å². The van der Waals surface area contributed by atoms with Crippen LogP contribution < -0.4 is 0 Å². The third-order valence-corrected chi connectivity index (χ3v) is 6.13. The molecule has 0 aliphatic rings. The lowest BCUT2D eigenvalue weighted by molar-refractivity contribution is 0.240. The predicted molar refractivity (Wildman–Crippen MR) is 126 cm³/mol. The second-order valence-electron chi connectivity index (χ2n) is 7.65. The van der Waals surface area contributed by atoms with Crippen molar-refractivity contribution in [1.29, 1.82) is 0 Å². The van der Waals surface area contributed by atoms with Gasteiger partial charge in [-0.3, -0.25) is 0 Å². The molecule has 1 aromatic rings. The van der Waals surface area contributed by atoms with E-state index in [0.29, 0.717) is 0 Å². The highest BCUT2D eigenvalue weighted by Gasteiger charge is 2.23. The van der Waals surface area contributed by atoms with Gasteiger partial charge in [0.2, 0.25) is 0 Å². The first-order valence-corrected chi connectivity index (χ1v) is 11.6. The van der Waals surface area contributed by atoms with Gasteiger partial charge in [-0.1, -0.05) is 110 Å². The number of unbranched alkanes of at least 4 members (excludes halogenated alkanes) is 2. The maximum Gasteiger partial charge on any atom is 0.0954 e. The van der Waals surface area contributed by atoms with E-state index < -0.39 is 0 Å². The monoisotopic (exact) mass is 555 g/mol. The highest BCUT2D eigenvalue weighted by atomic mass is 127. The summed E-state index contributed by atoms with van der Waals surface area (Å²) < 4.78 is 0.176. The second-order valence-corrected chi connectivity index (χ2v) is 14.0. The van der Waals surface area contributed by atoms with E-state index >= 15 is 0 Å². The molecule has 0 aliphatic carbocycles. The van der Waals surface area contributed by atoms with E-state index in [1.165, 1.54) is 62.9 Å². The van der Waals surface area contributed by atoms with E-state index in [1.807, 2.05) is 0 Å². The van der Waals surface area contributed by atoms with Crippen LogP contribution in [0.15, 0.2) is 24.3 Å². The topological polar surface area (TPSA) is 3.24 Å². The van der Waals surface area contributed by atoms with Crippen LogP contribution in [0.2, 0.25) is 0 Å². The molecule has 0 saturated heterocycles. The van der Waals surface area contributed by atoms with Gasteiger partial charge in [-0.05, 0) is 62.4 Å². The fourth-order valence-electron chi connectivity index (χ4n) is 2.89. The summed E-state index contributed by atoms with van der Waals surface area (Å²) in [6.45, 7) is 15.4. The Morgan fingerprint density at radius 1 is 0.792 bits per heavy atom. The molecule has 138 valence electrons. The molecule has 0 aromatic heterocycles. The van der Waals surface area contributed by atoms with E-state index in [9.17, 15) is 0 Å². The number of hydrogen-bond acceptors (Lipinski definition) is 1. The lowest BCUT2D eigenvalue weighted by atomic mass is 9.81. The summed E-state index contributed by atoms with van der Waals surface area (Å²) in [4.78, 5) is 2.68. The molecule has 0 fully saturated rings. The number of hydrogen-bond donors (Lipinski definition) is 0. The summed E-state index contributed by atoms with van der Waals surface area (Å²) >= 11 is 5.01. The molecule has 3 heteroatoms. The average molecular weight is 555 g/mol. The van der Waals surface area contributed by atoms with Gasteiger partial charge in [-0.15, -0.1) is 0 Å². The van der Waals surface area contributed by atoms with E-state index in [2.05, 4.69) is 109 Å². The molecule has 0 aliphatic heterocycles. The van der Waals surface area contributed by atoms with Crippen molar-refractivity contribution >= 4 is 45.2 Å². The Hall–Kier alpha value is 0.640. The minimum Gasteiger partial charge on any atom is -0.303 e. The van der Waals surface area contributed by atoms with Crippen molar-refractivity contribution in [2.45, 2.75) is 73.6 Å². The maximum atomic E-state index is 2.68. The average Bonchev–Trinajstić information content (AvgIpc) is 2.53. The van der Waals surface area contributed by atoms with E-state index in [0.717, 1.165) is 0 Å². The van der Waals surface area contributed by atoms with Crippen molar-refractivity contribution in [3.8, 4) is 0 Å². The Bertz CT molecular complexity index is 452. The van der Waals surface area contributed by atoms with Crippen LogP contribution in [-0.4, -0.2) is 24.5 Å². The molecular formula is C21H35I2N. The molecule has 0 heterocycles. The molecule has 0 spiro atoms. The lowest BCUT2D eigenvalue weighted by Crippen LogP contribution is -2.31. The molecule has 0 N–H and O–H groups in total. The van der Waals surface area contributed by atoms with Crippen molar-refractivity contribution in [2.75, 3.05) is 19.6 Å². The van der Waals surface area contributed by atoms with Gasteiger partial charge in [0.15, 0.2) is 0 Å². The van der Waals surface area contributed by atoms with Gasteiger partial charge >= 0.3 is 0 Å². The molecule has 0 radical (unpaired) electrons. The van der Waals surface area contributed by atoms with Crippen LogP contribution in [0.25, 0.3) is 0 Å². The van der Waals surface area contributed by atoms with Crippen molar-refractivity contribution in [3.05, 3.63) is 35.4 Å². The fourth-order valence-corrected chi connectivity index (χ4v) is 3.61. The van der Waals surface area contributed by atoms with Crippen molar-refractivity contribution < 1.29 is 0 Å². The second kappa shape index (κ2) is 10.7. The molecule has 0 unspecified atom stereocenters. The molecule has 0 bridgehead atoms. The number of halogens is 2. The SMILES string of the molecule is CCCCN(CCCC)CCC(C)(C)c1ccc(C(C)(I)I)cc1. The molecule has 0 saturated carbocycles. The largest absolute Gasteiger partial charge is 0.303 e. The van der Waals surface area contributed by atoms with Crippen molar-refractivity contribution in [1.82, 2.24) is 4.90 Å². The number of rotatable bonds is 11. The van der Waals surface area contributed by atoms with E-state index in [-0.39, 0.29) is 6.84 Å².